The molecule has 1 aliphatic rings. The first kappa shape index (κ1) is 18.2. The molecule has 0 aromatic heterocycles. The van der Waals surface area contributed by atoms with Crippen LogP contribution in [0.4, 0.5) is 0 Å². The first-order valence-corrected chi connectivity index (χ1v) is 10.2. The maximum absolute atomic E-state index is 12.8. The van der Waals surface area contributed by atoms with Gasteiger partial charge in [-0.2, -0.15) is 0 Å². The van der Waals surface area contributed by atoms with Gasteiger partial charge in [-0.25, -0.2) is 13.1 Å². The van der Waals surface area contributed by atoms with Gasteiger partial charge in [-0.1, -0.05) is 36.4 Å². The Morgan fingerprint density at radius 2 is 1.39 bits per heavy atom. The molecule has 7 heteroatoms. The SMILES string of the molecule is CNS(=O)(=O)c1ccc(C(=O)NC2c3ccccc3Oc3ccccc32)cc1. The van der Waals surface area contributed by atoms with Crippen LogP contribution in [-0.2, 0) is 10.0 Å². The summed E-state index contributed by atoms with van der Waals surface area (Å²) < 4.78 is 31.9. The number of amides is 1. The molecule has 1 heterocycles. The number of carbonyl (C=O) groups is 1. The molecule has 6 nitrogen and oxygen atoms in total. The highest BCUT2D eigenvalue weighted by atomic mass is 32.2. The fourth-order valence-electron chi connectivity index (χ4n) is 3.18. The minimum absolute atomic E-state index is 0.105. The molecule has 3 aromatic carbocycles. The molecule has 0 bridgehead atoms. The predicted molar refractivity (Wildman–Crippen MR) is 105 cm³/mol. The molecular formula is C21H18N2O4S. The Labute approximate surface area is 163 Å². The van der Waals surface area contributed by atoms with E-state index in [4.69, 9.17) is 4.74 Å². The van der Waals surface area contributed by atoms with E-state index in [0.717, 1.165) is 11.1 Å². The smallest absolute Gasteiger partial charge is 0.252 e. The zero-order valence-electron chi connectivity index (χ0n) is 15.0. The Bertz CT molecular complexity index is 1100. The van der Waals surface area contributed by atoms with Crippen LogP contribution < -0.4 is 14.8 Å². The number of nitrogens with one attached hydrogen (secondary N) is 2. The molecule has 0 saturated carbocycles. The van der Waals surface area contributed by atoms with E-state index in [9.17, 15) is 13.2 Å². The highest BCUT2D eigenvalue weighted by Gasteiger charge is 2.28. The number of hydrogen-bond donors (Lipinski definition) is 2. The van der Waals surface area contributed by atoms with E-state index in [-0.39, 0.29) is 16.8 Å². The Balaban J connectivity index is 1.65. The van der Waals surface area contributed by atoms with E-state index < -0.39 is 10.0 Å². The van der Waals surface area contributed by atoms with Crippen molar-refractivity contribution < 1.29 is 17.9 Å². The van der Waals surface area contributed by atoms with Crippen molar-refractivity contribution in [1.82, 2.24) is 10.0 Å². The van der Waals surface area contributed by atoms with E-state index in [1.807, 2.05) is 48.5 Å². The fourth-order valence-corrected chi connectivity index (χ4v) is 3.91. The second-order valence-electron chi connectivity index (χ2n) is 6.32. The summed E-state index contributed by atoms with van der Waals surface area (Å²) in [7, 11) is -2.20. The fraction of sp³-hybridized carbons (Fsp3) is 0.0952. The number of ether oxygens (including phenoxy) is 1. The molecule has 3 aromatic rings. The van der Waals surface area contributed by atoms with Gasteiger partial charge in [0.05, 0.1) is 10.9 Å². The molecule has 2 N–H and O–H groups in total. The van der Waals surface area contributed by atoms with E-state index in [1.54, 1.807) is 0 Å². The summed E-state index contributed by atoms with van der Waals surface area (Å²) in [6.07, 6.45) is 0. The lowest BCUT2D eigenvalue weighted by Crippen LogP contribution is -2.31. The van der Waals surface area contributed by atoms with E-state index in [0.29, 0.717) is 17.1 Å². The Kier molecular flexibility index (Phi) is 4.62. The van der Waals surface area contributed by atoms with Crippen molar-refractivity contribution >= 4 is 15.9 Å². The van der Waals surface area contributed by atoms with Crippen LogP contribution >= 0.6 is 0 Å². The highest BCUT2D eigenvalue weighted by molar-refractivity contribution is 7.89. The molecule has 0 aliphatic carbocycles. The number of hydrogen-bond acceptors (Lipinski definition) is 4. The zero-order valence-corrected chi connectivity index (χ0v) is 15.9. The maximum atomic E-state index is 12.8. The second kappa shape index (κ2) is 7.10. The number of carbonyl (C=O) groups excluding carboxylic acids is 1. The first-order chi connectivity index (χ1) is 13.5. The molecule has 4 rings (SSSR count). The Morgan fingerprint density at radius 3 is 1.93 bits per heavy atom. The quantitative estimate of drug-likeness (QED) is 0.712. The second-order valence-corrected chi connectivity index (χ2v) is 8.20. The van der Waals surface area contributed by atoms with Gasteiger partial charge in [-0.05, 0) is 43.4 Å². The van der Waals surface area contributed by atoms with Gasteiger partial charge in [0.25, 0.3) is 5.91 Å². The van der Waals surface area contributed by atoms with Gasteiger partial charge >= 0.3 is 0 Å². The molecule has 28 heavy (non-hydrogen) atoms. The summed E-state index contributed by atoms with van der Waals surface area (Å²) in [6, 6.07) is 20.6. The zero-order chi connectivity index (χ0) is 19.7. The minimum Gasteiger partial charge on any atom is -0.457 e. The molecule has 0 saturated heterocycles. The molecule has 0 unspecified atom stereocenters. The van der Waals surface area contributed by atoms with Gasteiger partial charge in [0, 0.05) is 16.7 Å². The first-order valence-electron chi connectivity index (χ1n) is 8.70. The molecule has 0 spiro atoms. The number of rotatable bonds is 4. The van der Waals surface area contributed by atoms with Gasteiger partial charge in [0.1, 0.15) is 11.5 Å². The third-order valence-corrected chi connectivity index (χ3v) is 6.08. The van der Waals surface area contributed by atoms with Crippen molar-refractivity contribution in [1.29, 1.82) is 0 Å². The van der Waals surface area contributed by atoms with Crippen LogP contribution in [0.5, 0.6) is 11.5 Å². The van der Waals surface area contributed by atoms with Gasteiger partial charge in [0.15, 0.2) is 0 Å². The largest absolute Gasteiger partial charge is 0.457 e. The standard InChI is InChI=1S/C21H18N2O4S/c1-22-28(25,26)15-12-10-14(11-13-15)21(24)23-20-16-6-2-4-8-18(16)27-19-9-5-3-7-17(19)20/h2-13,20,22H,1H3,(H,23,24). The lowest BCUT2D eigenvalue weighted by Gasteiger charge is -2.28. The van der Waals surface area contributed by atoms with Crippen LogP contribution in [0.3, 0.4) is 0 Å². The third kappa shape index (κ3) is 3.26. The minimum atomic E-state index is -3.55. The number of sulfonamides is 1. The van der Waals surface area contributed by atoms with Gasteiger partial charge in [-0.15, -0.1) is 0 Å². The lowest BCUT2D eigenvalue weighted by molar-refractivity contribution is 0.0941. The van der Waals surface area contributed by atoms with E-state index in [2.05, 4.69) is 10.0 Å². The average molecular weight is 394 g/mol. The summed E-state index contributed by atoms with van der Waals surface area (Å²) >= 11 is 0. The van der Waals surface area contributed by atoms with Crippen molar-refractivity contribution in [3.05, 3.63) is 89.5 Å². The Morgan fingerprint density at radius 1 is 0.857 bits per heavy atom. The van der Waals surface area contributed by atoms with Crippen LogP contribution in [0.25, 0.3) is 0 Å². The normalized spacial score (nSPS) is 13.2. The monoisotopic (exact) mass is 394 g/mol. The van der Waals surface area contributed by atoms with Crippen LogP contribution in [0, 0.1) is 0 Å². The summed E-state index contributed by atoms with van der Waals surface area (Å²) in [5.74, 6) is 1.09. The van der Waals surface area contributed by atoms with Crippen LogP contribution in [0.2, 0.25) is 0 Å². The third-order valence-electron chi connectivity index (χ3n) is 4.65. The number of fused-ring (bicyclic) bond motifs is 2. The summed E-state index contributed by atoms with van der Waals surface area (Å²) in [5, 5.41) is 3.04. The van der Waals surface area contributed by atoms with Crippen LogP contribution in [-0.4, -0.2) is 21.4 Å². The van der Waals surface area contributed by atoms with Gasteiger partial charge in [0.2, 0.25) is 10.0 Å². The van der Waals surface area contributed by atoms with Crippen LogP contribution in [0.15, 0.2) is 77.7 Å². The molecule has 1 aliphatic heterocycles. The van der Waals surface area contributed by atoms with Crippen molar-refractivity contribution in [2.24, 2.45) is 0 Å². The van der Waals surface area contributed by atoms with Crippen molar-refractivity contribution in [2.45, 2.75) is 10.9 Å². The van der Waals surface area contributed by atoms with Gasteiger partial charge in [-0.3, -0.25) is 4.79 Å². The number of para-hydroxylation sites is 2. The summed E-state index contributed by atoms with van der Waals surface area (Å²) in [4.78, 5) is 13.0. The van der Waals surface area contributed by atoms with Crippen molar-refractivity contribution in [2.75, 3.05) is 7.05 Å². The molecule has 142 valence electrons. The number of benzene rings is 3. The van der Waals surface area contributed by atoms with Crippen LogP contribution in [0.1, 0.15) is 27.5 Å². The highest BCUT2D eigenvalue weighted by Crippen LogP contribution is 2.42. The molecule has 0 fully saturated rings. The van der Waals surface area contributed by atoms with Crippen molar-refractivity contribution in [3.8, 4) is 11.5 Å². The van der Waals surface area contributed by atoms with Crippen molar-refractivity contribution in [3.63, 3.8) is 0 Å². The molecule has 1 amide bonds. The maximum Gasteiger partial charge on any atom is 0.252 e. The topological polar surface area (TPSA) is 84.5 Å². The summed E-state index contributed by atoms with van der Waals surface area (Å²) in [6.45, 7) is 0. The Hall–Kier alpha value is -3.16. The molecule has 0 radical (unpaired) electrons. The molecule has 0 atom stereocenters. The average Bonchev–Trinajstić information content (AvgIpc) is 2.73. The van der Waals surface area contributed by atoms with Gasteiger partial charge < -0.3 is 10.1 Å². The van der Waals surface area contributed by atoms with E-state index in [1.165, 1.54) is 31.3 Å². The van der Waals surface area contributed by atoms with E-state index >= 15 is 0 Å². The lowest BCUT2D eigenvalue weighted by atomic mass is 9.94. The molecular weight excluding hydrogens is 376 g/mol. The summed E-state index contributed by atoms with van der Waals surface area (Å²) in [5.41, 5.74) is 2.10. The predicted octanol–water partition coefficient (Wildman–Crippen LogP) is 3.22.